The number of primary amides is 1. The predicted molar refractivity (Wildman–Crippen MR) is 244 cm³/mol. The van der Waals surface area contributed by atoms with E-state index in [0.717, 1.165) is 0 Å². The molecule has 17 N–H and O–H groups in total. The van der Waals surface area contributed by atoms with Crippen LogP contribution in [-0.2, 0) is 68.7 Å². The van der Waals surface area contributed by atoms with Gasteiger partial charge in [0.15, 0.2) is 0 Å². The Morgan fingerprint density at radius 1 is 0.479 bits per heavy atom. The summed E-state index contributed by atoms with van der Waals surface area (Å²) in [6, 6.07) is -6.52. The maximum absolute atomic E-state index is 14.0. The molecule has 0 bridgehead atoms. The first-order chi connectivity index (χ1) is 33.1. The zero-order valence-corrected chi connectivity index (χ0v) is 39.4. The summed E-state index contributed by atoms with van der Waals surface area (Å²) < 4.78 is 0. The number of hydrogen-bond donors (Lipinski definition) is 15. The standard InChI is InChI=1S/C43H64N10O18/c1-20(2)16-28(51-36(63)24(44)18-34(60)61)40(67)49-27(12-15-33(58)59)39(66)53-30(19-54)42(69)50-26(11-14-32(56)57)38(65)52-29(17-23-8-6-5-7-9-23)41(68)48-25(10-13-31(45)55)37(64)46-21(3)35(62)47-22(4)43(70)71/h5-9,20-22,24-30,54H,10-19,44H2,1-4H3,(H2,45,55)(H,46,64)(H,47,62)(H,48,68)(H,49,67)(H,50,69)(H,51,63)(H,52,65)(H,53,66)(H,56,57)(H,58,59)(H,60,61)(H,70,71)/t21-,22-,24-,25-,26-,27-,28-,29-,30-/m0/s1. The van der Waals surface area contributed by atoms with Crippen LogP contribution < -0.4 is 54.0 Å². The van der Waals surface area contributed by atoms with Crippen LogP contribution in [0.4, 0.5) is 0 Å². The highest BCUT2D eigenvalue weighted by molar-refractivity contribution is 5.98. The Morgan fingerprint density at radius 3 is 1.31 bits per heavy atom. The summed E-state index contributed by atoms with van der Waals surface area (Å²) >= 11 is 0. The monoisotopic (exact) mass is 1010 g/mol. The van der Waals surface area contributed by atoms with Crippen molar-refractivity contribution in [2.75, 3.05) is 6.61 Å². The average molecular weight is 1010 g/mol. The second-order valence-corrected chi connectivity index (χ2v) is 16.7. The van der Waals surface area contributed by atoms with E-state index in [2.05, 4.69) is 42.5 Å². The second kappa shape index (κ2) is 30.7. The van der Waals surface area contributed by atoms with Crippen molar-refractivity contribution in [3.05, 3.63) is 35.9 Å². The molecule has 1 aromatic carbocycles. The summed E-state index contributed by atoms with van der Waals surface area (Å²) in [7, 11) is 0. The minimum absolute atomic E-state index is 0.0679. The van der Waals surface area contributed by atoms with Crippen molar-refractivity contribution < 1.29 is 87.9 Å². The molecule has 1 rings (SSSR count). The van der Waals surface area contributed by atoms with Crippen LogP contribution in [0.15, 0.2) is 30.3 Å². The molecule has 28 nitrogen and oxygen atoms in total. The molecule has 0 aliphatic carbocycles. The van der Waals surface area contributed by atoms with Crippen molar-refractivity contribution in [2.24, 2.45) is 17.4 Å². The van der Waals surface area contributed by atoms with Crippen molar-refractivity contribution in [3.8, 4) is 0 Å². The van der Waals surface area contributed by atoms with E-state index in [1.165, 1.54) is 13.8 Å². The Bertz CT molecular complexity index is 2090. The molecule has 9 amide bonds. The van der Waals surface area contributed by atoms with Crippen molar-refractivity contribution >= 4 is 77.0 Å². The molecule has 9 atom stereocenters. The van der Waals surface area contributed by atoms with Gasteiger partial charge in [-0.25, -0.2) is 0 Å². The van der Waals surface area contributed by atoms with Crippen molar-refractivity contribution in [2.45, 2.75) is 140 Å². The fourth-order valence-corrected chi connectivity index (χ4v) is 6.29. The number of nitrogens with one attached hydrogen (secondary N) is 8. The Kier molecular flexibility index (Phi) is 26.5. The van der Waals surface area contributed by atoms with Gasteiger partial charge < -0.3 is 79.5 Å². The van der Waals surface area contributed by atoms with Gasteiger partial charge in [-0.15, -0.1) is 0 Å². The quantitative estimate of drug-likeness (QED) is 0.0314. The Hall–Kier alpha value is -7.75. The van der Waals surface area contributed by atoms with Crippen molar-refractivity contribution in [3.63, 3.8) is 0 Å². The first-order valence-electron chi connectivity index (χ1n) is 22.1. The molecular formula is C43H64N10O18. The maximum Gasteiger partial charge on any atom is 0.325 e. The van der Waals surface area contributed by atoms with Gasteiger partial charge in [-0.2, -0.15) is 0 Å². The molecule has 0 fully saturated rings. The fraction of sp³-hybridized carbons (Fsp3) is 0.558. The minimum Gasteiger partial charge on any atom is -0.481 e. The lowest BCUT2D eigenvalue weighted by Gasteiger charge is -2.27. The minimum atomic E-state index is -1.96. The average Bonchev–Trinajstić information content (AvgIpc) is 3.28. The normalized spacial score (nSPS) is 14.7. The van der Waals surface area contributed by atoms with Crippen molar-refractivity contribution in [1.29, 1.82) is 0 Å². The largest absolute Gasteiger partial charge is 0.481 e. The van der Waals surface area contributed by atoms with Crippen LogP contribution in [0, 0.1) is 5.92 Å². The van der Waals surface area contributed by atoms with Gasteiger partial charge in [0.2, 0.25) is 53.2 Å². The predicted octanol–water partition coefficient (Wildman–Crippen LogP) is -4.93. The summed E-state index contributed by atoms with van der Waals surface area (Å²) in [5, 5.41) is 65.4. The Balaban J connectivity index is 3.48. The second-order valence-electron chi connectivity index (χ2n) is 16.7. The van der Waals surface area contributed by atoms with Crippen molar-refractivity contribution in [1.82, 2.24) is 42.5 Å². The van der Waals surface area contributed by atoms with Gasteiger partial charge in [-0.3, -0.25) is 62.3 Å². The van der Waals surface area contributed by atoms with E-state index < -0.39 is 183 Å². The molecule has 0 spiro atoms. The van der Waals surface area contributed by atoms with E-state index in [4.69, 9.17) is 21.7 Å². The van der Waals surface area contributed by atoms with Gasteiger partial charge in [0.1, 0.15) is 48.3 Å². The van der Waals surface area contributed by atoms with Crippen LogP contribution in [0.2, 0.25) is 0 Å². The van der Waals surface area contributed by atoms with Gasteiger partial charge in [0.05, 0.1) is 19.1 Å². The van der Waals surface area contributed by atoms with E-state index in [1.54, 1.807) is 44.2 Å². The van der Waals surface area contributed by atoms with Gasteiger partial charge in [0, 0.05) is 25.7 Å². The fourth-order valence-electron chi connectivity index (χ4n) is 6.29. The van der Waals surface area contributed by atoms with Crippen LogP contribution in [0.5, 0.6) is 0 Å². The van der Waals surface area contributed by atoms with E-state index in [0.29, 0.717) is 5.56 Å². The molecule has 0 heterocycles. The van der Waals surface area contributed by atoms with E-state index in [9.17, 15) is 77.6 Å². The molecule has 0 unspecified atom stereocenters. The third-order valence-corrected chi connectivity index (χ3v) is 10.2. The van der Waals surface area contributed by atoms with E-state index in [1.807, 2.05) is 0 Å². The lowest BCUT2D eigenvalue weighted by Crippen LogP contribution is -2.61. The highest BCUT2D eigenvalue weighted by atomic mass is 16.4. The topological polar surface area (TPSA) is 471 Å². The number of amides is 9. The number of aliphatic hydroxyl groups is 1. The third kappa shape index (κ3) is 23.9. The van der Waals surface area contributed by atoms with Gasteiger partial charge in [-0.1, -0.05) is 44.2 Å². The molecule has 1 aromatic rings. The molecular weight excluding hydrogens is 945 g/mol. The number of rotatable bonds is 33. The molecule has 0 saturated carbocycles. The Morgan fingerprint density at radius 2 is 0.873 bits per heavy atom. The van der Waals surface area contributed by atoms with Crippen LogP contribution >= 0.6 is 0 Å². The molecule has 0 aliphatic heterocycles. The van der Waals surface area contributed by atoms with E-state index >= 15 is 0 Å². The van der Waals surface area contributed by atoms with Gasteiger partial charge >= 0.3 is 23.9 Å². The number of carbonyl (C=O) groups is 13. The zero-order chi connectivity index (χ0) is 54.1. The number of aliphatic carboxylic acids is 4. The number of carboxylic acids is 4. The third-order valence-electron chi connectivity index (χ3n) is 10.2. The maximum atomic E-state index is 14.0. The molecule has 28 heteroatoms. The van der Waals surface area contributed by atoms with Crippen LogP contribution in [-0.4, -0.2) is 164 Å². The number of aliphatic hydroxyl groups excluding tert-OH is 1. The molecule has 0 radical (unpaired) electrons. The van der Waals surface area contributed by atoms with Crippen LogP contribution in [0.1, 0.15) is 84.6 Å². The number of nitrogens with two attached hydrogens (primary N) is 2. The number of benzene rings is 1. The van der Waals surface area contributed by atoms with Crippen LogP contribution in [0.25, 0.3) is 0 Å². The van der Waals surface area contributed by atoms with Gasteiger partial charge in [-0.05, 0) is 51.0 Å². The zero-order valence-electron chi connectivity index (χ0n) is 39.4. The smallest absolute Gasteiger partial charge is 0.325 e. The summed E-state index contributed by atoms with van der Waals surface area (Å²) in [5.74, 6) is -15.6. The number of carboxylic acid groups (broad SMARTS) is 4. The summed E-state index contributed by atoms with van der Waals surface area (Å²) in [4.78, 5) is 164. The number of hydrogen-bond acceptors (Lipinski definition) is 15. The first-order valence-corrected chi connectivity index (χ1v) is 22.1. The van der Waals surface area contributed by atoms with Gasteiger partial charge in [0.25, 0.3) is 0 Å². The summed E-state index contributed by atoms with van der Waals surface area (Å²) in [5.41, 5.74) is 11.3. The van der Waals surface area contributed by atoms with Crippen LogP contribution in [0.3, 0.4) is 0 Å². The lowest BCUT2D eigenvalue weighted by molar-refractivity contribution is -0.141. The highest BCUT2D eigenvalue weighted by Crippen LogP contribution is 2.11. The lowest BCUT2D eigenvalue weighted by atomic mass is 10.0. The number of carbonyl (C=O) groups excluding carboxylic acids is 9. The molecule has 0 aliphatic rings. The summed E-state index contributed by atoms with van der Waals surface area (Å²) in [6.45, 7) is 4.52. The van der Waals surface area contributed by atoms with E-state index in [-0.39, 0.29) is 18.8 Å². The Labute approximate surface area is 406 Å². The molecule has 71 heavy (non-hydrogen) atoms. The summed E-state index contributed by atoms with van der Waals surface area (Å²) in [6.07, 6.45) is -4.81. The molecule has 0 saturated heterocycles. The highest BCUT2D eigenvalue weighted by Gasteiger charge is 2.35. The molecule has 0 aromatic heterocycles. The SMILES string of the molecule is CC(C)C[C@H](NC(=O)[C@@H](N)CC(=O)O)C(=O)N[C@@H](CCC(=O)O)C(=O)N[C@@H](CO)C(=O)N[C@@H](CCC(=O)O)C(=O)N[C@@H](Cc1ccccc1)C(=O)N[C@@H](CCC(N)=O)C(=O)N[C@@H](C)C(=O)N[C@@H](C)C(=O)O. The first kappa shape index (κ1) is 61.3. The molecule has 394 valence electrons.